The molecule has 0 aromatic heterocycles. The predicted molar refractivity (Wildman–Crippen MR) is 97.5 cm³/mol. The van der Waals surface area contributed by atoms with Gasteiger partial charge in [-0.2, -0.15) is 0 Å². The zero-order valence-electron chi connectivity index (χ0n) is 15.0. The second-order valence-electron chi connectivity index (χ2n) is 6.23. The van der Waals surface area contributed by atoms with Crippen molar-refractivity contribution >= 4 is 17.8 Å². The Morgan fingerprint density at radius 3 is 2.54 bits per heavy atom. The van der Waals surface area contributed by atoms with Gasteiger partial charge in [0.15, 0.2) is 18.1 Å². The van der Waals surface area contributed by atoms with Gasteiger partial charge in [0.1, 0.15) is 0 Å². The van der Waals surface area contributed by atoms with Crippen molar-refractivity contribution in [2.75, 3.05) is 13.4 Å². The van der Waals surface area contributed by atoms with Crippen LogP contribution in [0.2, 0.25) is 0 Å². The summed E-state index contributed by atoms with van der Waals surface area (Å²) in [7, 11) is 0. The van der Waals surface area contributed by atoms with Gasteiger partial charge in [0.2, 0.25) is 12.6 Å². The Bertz CT molecular complexity index is 896. The number of hydrogen-bond acceptors (Lipinski definition) is 5. The Kier molecular flexibility index (Phi) is 5.07. The van der Waals surface area contributed by atoms with E-state index in [-0.39, 0.29) is 19.2 Å². The molecule has 26 heavy (non-hydrogen) atoms. The van der Waals surface area contributed by atoms with Gasteiger partial charge in [-0.15, -0.1) is 0 Å². The van der Waals surface area contributed by atoms with Crippen molar-refractivity contribution in [3.05, 3.63) is 64.2 Å². The molecule has 2 aromatic rings. The van der Waals surface area contributed by atoms with Crippen molar-refractivity contribution in [2.24, 2.45) is 0 Å². The molecule has 0 radical (unpaired) electrons. The number of fused-ring (bicyclic) bond motifs is 1. The summed E-state index contributed by atoms with van der Waals surface area (Å²) in [6.45, 7) is 5.74. The highest BCUT2D eigenvalue weighted by atomic mass is 16.7. The van der Waals surface area contributed by atoms with Crippen LogP contribution in [0.25, 0.3) is 6.08 Å². The van der Waals surface area contributed by atoms with Gasteiger partial charge in [0.25, 0.3) is 0 Å². The van der Waals surface area contributed by atoms with Crippen LogP contribution < -0.4 is 9.47 Å². The third kappa shape index (κ3) is 3.94. The van der Waals surface area contributed by atoms with Crippen molar-refractivity contribution < 1.29 is 23.8 Å². The summed E-state index contributed by atoms with van der Waals surface area (Å²) in [5.74, 6) is 0.535. The maximum Gasteiger partial charge on any atom is 0.331 e. The Morgan fingerprint density at radius 1 is 1.00 bits per heavy atom. The highest BCUT2D eigenvalue weighted by Gasteiger charge is 2.14. The fourth-order valence-electron chi connectivity index (χ4n) is 2.70. The smallest absolute Gasteiger partial charge is 0.331 e. The molecule has 0 N–H and O–H groups in total. The van der Waals surface area contributed by atoms with Gasteiger partial charge in [-0.05, 0) is 67.3 Å². The van der Waals surface area contributed by atoms with Gasteiger partial charge in [-0.25, -0.2) is 4.79 Å². The first-order valence-electron chi connectivity index (χ1n) is 8.29. The summed E-state index contributed by atoms with van der Waals surface area (Å²) in [6.07, 6.45) is 2.90. The lowest BCUT2D eigenvalue weighted by Crippen LogP contribution is -2.14. The Balaban J connectivity index is 1.58. The Labute approximate surface area is 152 Å². The van der Waals surface area contributed by atoms with Crippen molar-refractivity contribution in [2.45, 2.75) is 20.8 Å². The zero-order valence-corrected chi connectivity index (χ0v) is 15.0. The van der Waals surface area contributed by atoms with Crippen LogP contribution in [0.3, 0.4) is 0 Å². The molecule has 1 aliphatic rings. The lowest BCUT2D eigenvalue weighted by molar-refractivity contribution is -0.136. The van der Waals surface area contributed by atoms with E-state index in [0.717, 1.165) is 22.3 Å². The second-order valence-corrected chi connectivity index (χ2v) is 6.23. The van der Waals surface area contributed by atoms with E-state index in [1.54, 1.807) is 24.3 Å². The fraction of sp³-hybridized carbons (Fsp3) is 0.238. The molecule has 1 aliphatic heterocycles. The van der Waals surface area contributed by atoms with E-state index in [9.17, 15) is 9.59 Å². The maximum atomic E-state index is 12.3. The van der Waals surface area contributed by atoms with E-state index < -0.39 is 5.97 Å². The number of rotatable bonds is 5. The first-order valence-corrected chi connectivity index (χ1v) is 8.29. The molecule has 5 nitrogen and oxygen atoms in total. The third-order valence-corrected chi connectivity index (χ3v) is 4.30. The SMILES string of the molecule is Cc1cc(C)c(C(=O)COC(=O)C=Cc2ccc3c(c2)OCO3)cc1C. The lowest BCUT2D eigenvalue weighted by atomic mass is 9.98. The number of benzene rings is 2. The molecule has 0 fully saturated rings. The number of carbonyl (C=O) groups excluding carboxylic acids is 2. The number of ether oxygens (including phenoxy) is 3. The molecule has 0 bridgehead atoms. The monoisotopic (exact) mass is 352 g/mol. The van der Waals surface area contributed by atoms with Gasteiger partial charge in [0.05, 0.1) is 0 Å². The van der Waals surface area contributed by atoms with Crippen LogP contribution in [0.4, 0.5) is 0 Å². The standard InChI is InChI=1S/C21H20O5/c1-13-8-15(3)17(9-14(13)2)18(22)11-24-21(23)7-5-16-4-6-19-20(10-16)26-12-25-19/h4-10H,11-12H2,1-3H3. The summed E-state index contributed by atoms with van der Waals surface area (Å²) >= 11 is 0. The lowest BCUT2D eigenvalue weighted by Gasteiger charge is -2.09. The van der Waals surface area contributed by atoms with Crippen LogP contribution >= 0.6 is 0 Å². The minimum absolute atomic E-state index is 0.199. The van der Waals surface area contributed by atoms with Gasteiger partial charge in [-0.1, -0.05) is 12.1 Å². The molecule has 1 heterocycles. The summed E-state index contributed by atoms with van der Waals surface area (Å²) < 4.78 is 15.6. The van der Waals surface area contributed by atoms with Crippen LogP contribution in [0.5, 0.6) is 11.5 Å². The van der Waals surface area contributed by atoms with Crippen molar-refractivity contribution in [1.82, 2.24) is 0 Å². The van der Waals surface area contributed by atoms with Gasteiger partial charge >= 0.3 is 5.97 Å². The van der Waals surface area contributed by atoms with E-state index in [0.29, 0.717) is 17.1 Å². The molecule has 0 spiro atoms. The number of esters is 1. The van der Waals surface area contributed by atoms with Crippen molar-refractivity contribution in [3.63, 3.8) is 0 Å². The molecule has 0 saturated heterocycles. The van der Waals surface area contributed by atoms with Gasteiger partial charge in [-0.3, -0.25) is 4.79 Å². The van der Waals surface area contributed by atoms with Crippen LogP contribution in [0, 0.1) is 20.8 Å². The minimum atomic E-state index is -0.572. The maximum absolute atomic E-state index is 12.3. The summed E-state index contributed by atoms with van der Waals surface area (Å²) in [5.41, 5.74) is 4.41. The number of hydrogen-bond donors (Lipinski definition) is 0. The molecule has 0 atom stereocenters. The normalized spacial score (nSPS) is 12.4. The average Bonchev–Trinajstić information content (AvgIpc) is 3.08. The number of ketones is 1. The van der Waals surface area contributed by atoms with Crippen LogP contribution in [0.1, 0.15) is 32.6 Å². The number of Topliss-reactive ketones (excluding diaryl/α,β-unsaturated/α-hetero) is 1. The van der Waals surface area contributed by atoms with Crippen LogP contribution in [-0.2, 0) is 9.53 Å². The van der Waals surface area contributed by atoms with Crippen molar-refractivity contribution in [3.8, 4) is 11.5 Å². The van der Waals surface area contributed by atoms with E-state index in [2.05, 4.69) is 0 Å². The molecule has 0 saturated carbocycles. The average molecular weight is 352 g/mol. The molecular formula is C21H20O5. The summed E-state index contributed by atoms with van der Waals surface area (Å²) in [4.78, 5) is 24.2. The van der Waals surface area contributed by atoms with E-state index >= 15 is 0 Å². The number of carbonyl (C=O) groups is 2. The highest BCUT2D eigenvalue weighted by Crippen LogP contribution is 2.32. The molecular weight excluding hydrogens is 332 g/mol. The quantitative estimate of drug-likeness (QED) is 0.466. The van der Waals surface area contributed by atoms with E-state index in [4.69, 9.17) is 14.2 Å². The first kappa shape index (κ1) is 17.7. The molecule has 2 aromatic carbocycles. The molecule has 3 rings (SSSR count). The number of aryl methyl sites for hydroxylation is 3. The largest absolute Gasteiger partial charge is 0.454 e. The summed E-state index contributed by atoms with van der Waals surface area (Å²) in [5, 5.41) is 0. The van der Waals surface area contributed by atoms with Gasteiger partial charge in [0, 0.05) is 11.6 Å². The Hall–Kier alpha value is -3.08. The molecule has 0 amide bonds. The Morgan fingerprint density at radius 2 is 1.73 bits per heavy atom. The molecule has 5 heteroatoms. The first-order chi connectivity index (χ1) is 12.4. The zero-order chi connectivity index (χ0) is 18.7. The topological polar surface area (TPSA) is 61.8 Å². The van der Waals surface area contributed by atoms with Crippen LogP contribution in [-0.4, -0.2) is 25.2 Å². The second kappa shape index (κ2) is 7.44. The van der Waals surface area contributed by atoms with Crippen LogP contribution in [0.15, 0.2) is 36.4 Å². The molecule has 0 aliphatic carbocycles. The minimum Gasteiger partial charge on any atom is -0.454 e. The molecule has 0 unspecified atom stereocenters. The highest BCUT2D eigenvalue weighted by molar-refractivity contribution is 6.00. The fourth-order valence-corrected chi connectivity index (χ4v) is 2.70. The van der Waals surface area contributed by atoms with E-state index in [1.165, 1.54) is 6.08 Å². The predicted octanol–water partition coefficient (Wildman–Crippen LogP) is 3.78. The molecule has 134 valence electrons. The third-order valence-electron chi connectivity index (χ3n) is 4.30. The van der Waals surface area contributed by atoms with Crippen molar-refractivity contribution in [1.29, 1.82) is 0 Å². The van der Waals surface area contributed by atoms with Gasteiger partial charge < -0.3 is 14.2 Å². The van der Waals surface area contributed by atoms with E-state index in [1.807, 2.05) is 32.9 Å². The summed E-state index contributed by atoms with van der Waals surface area (Å²) in [6, 6.07) is 9.16.